The van der Waals surface area contributed by atoms with Gasteiger partial charge in [-0.05, 0) is 31.0 Å². The molecule has 1 N–H and O–H groups in total. The first-order valence-corrected chi connectivity index (χ1v) is 8.87. The molecular weight excluding hydrogens is 369 g/mol. The van der Waals surface area contributed by atoms with Crippen molar-refractivity contribution in [1.82, 2.24) is 24.5 Å². The average Bonchev–Trinajstić information content (AvgIpc) is 3.04. The molecule has 0 aliphatic heterocycles. The number of rotatable bonds is 3. The minimum absolute atomic E-state index is 0.00610. The highest BCUT2D eigenvalue weighted by molar-refractivity contribution is 5.78. The molecule has 3 aromatic heterocycles. The molecule has 0 radical (unpaired) electrons. The number of nitrogens with zero attached hydrogens (tertiary/aromatic N) is 5. The highest BCUT2D eigenvalue weighted by atomic mass is 19.4. The number of pyridine rings is 1. The third kappa shape index (κ3) is 2.83. The second kappa shape index (κ2) is 6.15. The van der Waals surface area contributed by atoms with Crippen LogP contribution in [0, 0.1) is 0 Å². The highest BCUT2D eigenvalue weighted by Crippen LogP contribution is 2.41. The van der Waals surface area contributed by atoms with Crippen LogP contribution in [0.1, 0.15) is 24.7 Å². The van der Waals surface area contributed by atoms with Gasteiger partial charge >= 0.3 is 6.18 Å². The summed E-state index contributed by atoms with van der Waals surface area (Å²) in [4.78, 5) is 16.6. The van der Waals surface area contributed by atoms with Crippen LogP contribution in [0.25, 0.3) is 22.1 Å². The van der Waals surface area contributed by atoms with E-state index < -0.39 is 12.0 Å². The van der Waals surface area contributed by atoms with Crippen LogP contribution >= 0.6 is 0 Å². The number of aromatic nitrogens is 5. The van der Waals surface area contributed by atoms with Gasteiger partial charge < -0.3 is 9.88 Å². The molecule has 9 heteroatoms. The number of nitrogens with one attached hydrogen (secondary N) is 1. The average molecular weight is 384 g/mol. The van der Waals surface area contributed by atoms with E-state index in [4.69, 9.17) is 0 Å². The Balaban J connectivity index is 1.38. The molecule has 0 amide bonds. The van der Waals surface area contributed by atoms with Crippen LogP contribution < -0.4 is 5.32 Å². The quantitative estimate of drug-likeness (QED) is 0.573. The number of hydrogen-bond acceptors (Lipinski definition) is 5. The topological polar surface area (TPSA) is 68.5 Å². The second-order valence-electron chi connectivity index (χ2n) is 6.87. The van der Waals surface area contributed by atoms with E-state index in [0.717, 1.165) is 10.9 Å². The lowest BCUT2D eigenvalue weighted by atomic mass is 9.86. The van der Waals surface area contributed by atoms with Crippen molar-refractivity contribution in [1.29, 1.82) is 0 Å². The normalized spacial score (nSPS) is 19.7. The Morgan fingerprint density at radius 3 is 2.57 bits per heavy atom. The van der Waals surface area contributed by atoms with Crippen molar-refractivity contribution in [3.05, 3.63) is 54.6 Å². The zero-order chi connectivity index (χ0) is 19.3. The zero-order valence-electron chi connectivity index (χ0n) is 14.6. The fraction of sp³-hybridized carbons (Fsp3) is 0.263. The fourth-order valence-electron chi connectivity index (χ4n) is 3.62. The minimum Gasteiger partial charge on any atom is -0.351 e. The van der Waals surface area contributed by atoms with Crippen LogP contribution in [0.4, 0.5) is 19.1 Å². The number of para-hydroxylation sites is 1. The Bertz CT molecular complexity index is 1160. The van der Waals surface area contributed by atoms with E-state index in [0.29, 0.717) is 18.8 Å². The van der Waals surface area contributed by atoms with Crippen molar-refractivity contribution >= 4 is 28.0 Å². The number of alkyl halides is 3. The van der Waals surface area contributed by atoms with E-state index in [1.165, 1.54) is 10.8 Å². The van der Waals surface area contributed by atoms with Crippen LogP contribution in [0.15, 0.2) is 48.8 Å². The molecular formula is C19H15F3N6. The van der Waals surface area contributed by atoms with Gasteiger partial charge in [-0.1, -0.05) is 18.2 Å². The van der Waals surface area contributed by atoms with Crippen LogP contribution in [0.2, 0.25) is 0 Å². The third-order valence-electron chi connectivity index (χ3n) is 5.00. The molecule has 1 aliphatic rings. The Kier molecular flexibility index (Phi) is 3.71. The first-order valence-electron chi connectivity index (χ1n) is 8.87. The molecule has 1 fully saturated rings. The van der Waals surface area contributed by atoms with Gasteiger partial charge in [-0.25, -0.2) is 19.9 Å². The molecule has 4 aromatic rings. The molecule has 3 heterocycles. The number of imidazole rings is 1. The molecule has 28 heavy (non-hydrogen) atoms. The highest BCUT2D eigenvalue weighted by Gasteiger charge is 2.42. The van der Waals surface area contributed by atoms with Crippen LogP contribution in [0.5, 0.6) is 0 Å². The zero-order valence-corrected chi connectivity index (χ0v) is 14.6. The van der Waals surface area contributed by atoms with Gasteiger partial charge in [0.1, 0.15) is 5.52 Å². The summed E-state index contributed by atoms with van der Waals surface area (Å²) in [6.07, 6.45) is -0.281. The summed E-state index contributed by atoms with van der Waals surface area (Å²) in [5.41, 5.74) is 1.34. The summed E-state index contributed by atoms with van der Waals surface area (Å²) < 4.78 is 41.6. The predicted octanol–water partition coefficient (Wildman–Crippen LogP) is 4.21. The molecule has 5 rings (SSSR count). The SMILES string of the molecule is FC(F)(F)c1nc2cccnc2n1[C@H]1C[C@H](Nc2ncc3ccccc3n2)C1. The predicted molar refractivity (Wildman–Crippen MR) is 97.7 cm³/mol. The molecule has 0 atom stereocenters. The molecule has 6 nitrogen and oxygen atoms in total. The van der Waals surface area contributed by atoms with E-state index in [1.807, 2.05) is 24.3 Å². The molecule has 1 aromatic carbocycles. The van der Waals surface area contributed by atoms with Crippen molar-refractivity contribution in [3.8, 4) is 0 Å². The van der Waals surface area contributed by atoms with Crippen molar-refractivity contribution < 1.29 is 13.2 Å². The van der Waals surface area contributed by atoms with Crippen LogP contribution in [0.3, 0.4) is 0 Å². The maximum absolute atomic E-state index is 13.5. The molecule has 1 saturated carbocycles. The van der Waals surface area contributed by atoms with Crippen molar-refractivity contribution in [2.45, 2.75) is 31.1 Å². The first kappa shape index (κ1) is 16.9. The molecule has 0 unspecified atom stereocenters. The van der Waals surface area contributed by atoms with E-state index >= 15 is 0 Å². The maximum Gasteiger partial charge on any atom is 0.449 e. The Morgan fingerprint density at radius 1 is 0.964 bits per heavy atom. The summed E-state index contributed by atoms with van der Waals surface area (Å²) >= 11 is 0. The number of anilines is 1. The number of hydrogen-bond donors (Lipinski definition) is 1. The second-order valence-corrected chi connectivity index (χ2v) is 6.87. The van der Waals surface area contributed by atoms with E-state index in [1.54, 1.807) is 18.3 Å². The third-order valence-corrected chi connectivity index (χ3v) is 5.00. The standard InChI is InChI=1S/C19H15F3N6/c20-19(21,22)17-26-15-6-3-7-23-16(15)28(17)13-8-12(9-13)25-18-24-10-11-4-1-2-5-14(11)27-18/h1-7,10,12-13H,8-9H2,(H,24,25,27)/t12-,13-. The largest absolute Gasteiger partial charge is 0.449 e. The summed E-state index contributed by atoms with van der Waals surface area (Å²) in [7, 11) is 0. The lowest BCUT2D eigenvalue weighted by Crippen LogP contribution is -2.38. The Hall–Kier alpha value is -3.23. The van der Waals surface area contributed by atoms with Crippen LogP contribution in [-0.4, -0.2) is 30.5 Å². The van der Waals surface area contributed by atoms with E-state index in [2.05, 4.69) is 25.3 Å². The lowest BCUT2D eigenvalue weighted by molar-refractivity contribution is -0.148. The molecule has 0 saturated heterocycles. The maximum atomic E-state index is 13.5. The summed E-state index contributed by atoms with van der Waals surface area (Å²) in [5.74, 6) is -0.418. The van der Waals surface area contributed by atoms with Crippen molar-refractivity contribution in [3.63, 3.8) is 0 Å². The van der Waals surface area contributed by atoms with E-state index in [9.17, 15) is 13.2 Å². The van der Waals surface area contributed by atoms with Crippen LogP contribution in [-0.2, 0) is 6.18 Å². The fourth-order valence-corrected chi connectivity index (χ4v) is 3.62. The summed E-state index contributed by atoms with van der Waals surface area (Å²) in [5, 5.41) is 4.15. The monoisotopic (exact) mass is 384 g/mol. The molecule has 142 valence electrons. The molecule has 0 bridgehead atoms. The van der Waals surface area contributed by atoms with Gasteiger partial charge in [-0.15, -0.1) is 0 Å². The Labute approximate surface area is 157 Å². The number of halogens is 3. The summed E-state index contributed by atoms with van der Waals surface area (Å²) in [6.45, 7) is 0. The number of benzene rings is 1. The van der Waals surface area contributed by atoms with E-state index in [-0.39, 0.29) is 23.2 Å². The smallest absolute Gasteiger partial charge is 0.351 e. The van der Waals surface area contributed by atoms with Gasteiger partial charge in [0.2, 0.25) is 11.8 Å². The van der Waals surface area contributed by atoms with Crippen molar-refractivity contribution in [2.75, 3.05) is 5.32 Å². The van der Waals surface area contributed by atoms with Gasteiger partial charge in [0.05, 0.1) is 5.52 Å². The first-order chi connectivity index (χ1) is 13.5. The minimum atomic E-state index is -4.53. The van der Waals surface area contributed by atoms with Gasteiger partial charge in [-0.3, -0.25) is 0 Å². The summed E-state index contributed by atoms with van der Waals surface area (Å²) in [6, 6.07) is 10.4. The Morgan fingerprint density at radius 2 is 1.75 bits per heavy atom. The van der Waals surface area contributed by atoms with Crippen molar-refractivity contribution in [2.24, 2.45) is 0 Å². The van der Waals surface area contributed by atoms with Gasteiger partial charge in [-0.2, -0.15) is 13.2 Å². The lowest BCUT2D eigenvalue weighted by Gasteiger charge is -2.37. The van der Waals surface area contributed by atoms with Gasteiger partial charge in [0.25, 0.3) is 0 Å². The molecule has 1 aliphatic carbocycles. The van der Waals surface area contributed by atoms with Gasteiger partial charge in [0.15, 0.2) is 5.65 Å². The van der Waals surface area contributed by atoms with Gasteiger partial charge in [0, 0.05) is 29.9 Å². The number of fused-ring (bicyclic) bond motifs is 2. The molecule has 0 spiro atoms.